The maximum absolute atomic E-state index is 13.6. The quantitative estimate of drug-likeness (QED) is 0.413. The molecule has 0 aromatic heterocycles. The molecule has 1 aliphatic rings. The minimum Gasteiger partial charge on any atom is -0.352 e. The van der Waals surface area contributed by atoms with E-state index in [0.29, 0.717) is 15.6 Å². The fourth-order valence-corrected chi connectivity index (χ4v) is 5.52. The van der Waals surface area contributed by atoms with Crippen LogP contribution >= 0.6 is 46.4 Å². The molecule has 1 N–H and O–H groups in total. The summed E-state index contributed by atoms with van der Waals surface area (Å²) >= 11 is 24.3. The number of hydrogen-bond donors (Lipinski definition) is 1. The molecule has 0 saturated heterocycles. The first-order valence-electron chi connectivity index (χ1n) is 11.3. The first-order chi connectivity index (χ1) is 16.9. The molecule has 0 bridgehead atoms. The van der Waals surface area contributed by atoms with E-state index in [1.807, 2.05) is 0 Å². The lowest BCUT2D eigenvalue weighted by Crippen LogP contribution is -2.52. The lowest BCUT2D eigenvalue weighted by molar-refractivity contribution is -0.139. The molecule has 1 atom stereocenters. The maximum atomic E-state index is 13.6. The zero-order valence-corrected chi connectivity index (χ0v) is 23.6. The van der Waals surface area contributed by atoms with E-state index in [4.69, 9.17) is 46.4 Å². The van der Waals surface area contributed by atoms with Crippen molar-refractivity contribution in [1.29, 1.82) is 0 Å². The Morgan fingerprint density at radius 3 is 2.11 bits per heavy atom. The van der Waals surface area contributed by atoms with Crippen molar-refractivity contribution in [3.05, 3.63) is 62.1 Å². The fourth-order valence-electron chi connectivity index (χ4n) is 4.06. The van der Waals surface area contributed by atoms with Crippen molar-refractivity contribution in [3.8, 4) is 0 Å². The summed E-state index contributed by atoms with van der Waals surface area (Å²) in [5, 5.41) is 4.06. The van der Waals surface area contributed by atoms with Crippen LogP contribution in [0.1, 0.15) is 38.2 Å². The summed E-state index contributed by atoms with van der Waals surface area (Å²) in [5.41, 5.74) is 0.816. The number of carbonyl (C=O) groups excluding carboxylic acids is 2. The molecular formula is C24H27Cl4N3O4S. The molecule has 7 nitrogen and oxygen atoms in total. The van der Waals surface area contributed by atoms with Gasteiger partial charge in [0.1, 0.15) is 12.6 Å². The van der Waals surface area contributed by atoms with Gasteiger partial charge in [-0.1, -0.05) is 65.3 Å². The standard InChI is InChI=1S/C24H27Cl4N3O4S/c1-15(24(33)29-17-5-3-4-6-17)30(13-16-7-9-19(25)21(27)11-16)23(32)14-31(36(2,34)35)18-8-10-20(26)22(28)12-18/h7-12,15,17H,3-6,13-14H2,1-2H3,(H,29,33)/t15-/m0/s1. The molecule has 0 aliphatic heterocycles. The zero-order chi connectivity index (χ0) is 26.6. The summed E-state index contributed by atoms with van der Waals surface area (Å²) in [6, 6.07) is 8.38. The summed E-state index contributed by atoms with van der Waals surface area (Å²) in [6.07, 6.45) is 4.84. The number of nitrogens with zero attached hydrogens (tertiary/aromatic N) is 2. The molecule has 2 aromatic carbocycles. The van der Waals surface area contributed by atoms with E-state index in [2.05, 4.69) is 5.32 Å². The Kier molecular flexibility index (Phi) is 9.80. The lowest BCUT2D eigenvalue weighted by Gasteiger charge is -2.32. The highest BCUT2D eigenvalue weighted by atomic mass is 35.5. The van der Waals surface area contributed by atoms with Crippen LogP contribution < -0.4 is 9.62 Å². The van der Waals surface area contributed by atoms with Crippen molar-refractivity contribution in [2.24, 2.45) is 0 Å². The van der Waals surface area contributed by atoms with Crippen LogP contribution in [-0.4, -0.2) is 50.0 Å². The van der Waals surface area contributed by atoms with Crippen LogP contribution in [0.15, 0.2) is 36.4 Å². The van der Waals surface area contributed by atoms with E-state index >= 15 is 0 Å². The Labute approximate surface area is 231 Å². The highest BCUT2D eigenvalue weighted by Gasteiger charge is 2.31. The van der Waals surface area contributed by atoms with Crippen molar-refractivity contribution in [2.45, 2.75) is 51.2 Å². The molecule has 2 aromatic rings. The molecule has 3 rings (SSSR count). The third kappa shape index (κ3) is 7.42. The van der Waals surface area contributed by atoms with Gasteiger partial charge >= 0.3 is 0 Å². The lowest BCUT2D eigenvalue weighted by atomic mass is 10.1. The summed E-state index contributed by atoms with van der Waals surface area (Å²) in [5.74, 6) is -0.887. The second kappa shape index (κ2) is 12.2. The number of amides is 2. The van der Waals surface area contributed by atoms with E-state index in [1.165, 1.54) is 23.1 Å². The van der Waals surface area contributed by atoms with Crippen molar-refractivity contribution < 1.29 is 18.0 Å². The molecule has 0 spiro atoms. The third-order valence-corrected chi connectivity index (χ3v) is 8.69. The van der Waals surface area contributed by atoms with Gasteiger partial charge in [-0.05, 0) is 55.7 Å². The van der Waals surface area contributed by atoms with Crippen molar-refractivity contribution in [3.63, 3.8) is 0 Å². The van der Waals surface area contributed by atoms with Gasteiger partial charge in [0.15, 0.2) is 0 Å². The number of carbonyl (C=O) groups is 2. The number of sulfonamides is 1. The minimum atomic E-state index is -3.88. The number of benzene rings is 2. The zero-order valence-electron chi connectivity index (χ0n) is 19.8. The Morgan fingerprint density at radius 1 is 0.972 bits per heavy atom. The number of rotatable bonds is 9. The Bertz CT molecular complexity index is 1240. The molecule has 1 saturated carbocycles. The molecular weight excluding hydrogens is 568 g/mol. The van der Waals surface area contributed by atoms with Gasteiger partial charge in [0.25, 0.3) is 0 Å². The van der Waals surface area contributed by atoms with Crippen LogP contribution in [0.4, 0.5) is 5.69 Å². The van der Waals surface area contributed by atoms with Gasteiger partial charge in [-0.2, -0.15) is 0 Å². The van der Waals surface area contributed by atoms with E-state index in [0.717, 1.165) is 36.2 Å². The predicted octanol–water partition coefficient (Wildman–Crippen LogP) is 5.54. The summed E-state index contributed by atoms with van der Waals surface area (Å²) < 4.78 is 26.2. The average molecular weight is 595 g/mol. The van der Waals surface area contributed by atoms with Gasteiger partial charge in [0.2, 0.25) is 21.8 Å². The van der Waals surface area contributed by atoms with Gasteiger partial charge in [0.05, 0.1) is 32.0 Å². The van der Waals surface area contributed by atoms with Crippen molar-refractivity contribution >= 4 is 73.9 Å². The van der Waals surface area contributed by atoms with E-state index < -0.39 is 28.5 Å². The van der Waals surface area contributed by atoms with Gasteiger partial charge in [-0.15, -0.1) is 0 Å². The second-order valence-corrected chi connectivity index (χ2v) is 12.3. The number of nitrogens with one attached hydrogen (secondary N) is 1. The SMILES string of the molecule is C[C@@H](C(=O)NC1CCCC1)N(Cc1ccc(Cl)c(Cl)c1)C(=O)CN(c1ccc(Cl)c(Cl)c1)S(C)(=O)=O. The van der Waals surface area contributed by atoms with Crippen LogP contribution in [0.25, 0.3) is 0 Å². The average Bonchev–Trinajstić information content (AvgIpc) is 3.31. The molecule has 0 unspecified atom stereocenters. The number of hydrogen-bond acceptors (Lipinski definition) is 4. The monoisotopic (exact) mass is 593 g/mol. The topological polar surface area (TPSA) is 86.8 Å². The normalized spacial score (nSPS) is 14.9. The third-order valence-electron chi connectivity index (χ3n) is 6.08. The Morgan fingerprint density at radius 2 is 1.56 bits per heavy atom. The molecule has 2 amide bonds. The van der Waals surface area contributed by atoms with Crippen LogP contribution in [-0.2, 0) is 26.2 Å². The van der Waals surface area contributed by atoms with Crippen molar-refractivity contribution in [2.75, 3.05) is 17.1 Å². The van der Waals surface area contributed by atoms with E-state index in [-0.39, 0.29) is 34.2 Å². The van der Waals surface area contributed by atoms with Crippen LogP contribution in [0.3, 0.4) is 0 Å². The summed E-state index contributed by atoms with van der Waals surface area (Å²) in [4.78, 5) is 28.0. The molecule has 196 valence electrons. The molecule has 0 radical (unpaired) electrons. The Balaban J connectivity index is 1.91. The van der Waals surface area contributed by atoms with Gasteiger partial charge in [-0.3, -0.25) is 13.9 Å². The van der Waals surface area contributed by atoms with E-state index in [9.17, 15) is 18.0 Å². The van der Waals surface area contributed by atoms with Gasteiger partial charge < -0.3 is 10.2 Å². The number of halogens is 4. The molecule has 0 heterocycles. The highest BCUT2D eigenvalue weighted by Crippen LogP contribution is 2.29. The molecule has 36 heavy (non-hydrogen) atoms. The number of anilines is 1. The largest absolute Gasteiger partial charge is 0.352 e. The molecule has 1 fully saturated rings. The van der Waals surface area contributed by atoms with E-state index in [1.54, 1.807) is 25.1 Å². The van der Waals surface area contributed by atoms with Crippen molar-refractivity contribution in [1.82, 2.24) is 10.2 Å². The molecule has 1 aliphatic carbocycles. The minimum absolute atomic E-state index is 0.0218. The van der Waals surface area contributed by atoms with Gasteiger partial charge in [-0.25, -0.2) is 8.42 Å². The predicted molar refractivity (Wildman–Crippen MR) is 146 cm³/mol. The van der Waals surface area contributed by atoms with Crippen LogP contribution in [0.2, 0.25) is 20.1 Å². The summed E-state index contributed by atoms with van der Waals surface area (Å²) in [7, 11) is -3.88. The second-order valence-electron chi connectivity index (χ2n) is 8.80. The molecule has 12 heteroatoms. The highest BCUT2D eigenvalue weighted by molar-refractivity contribution is 7.92. The van der Waals surface area contributed by atoms with Crippen LogP contribution in [0, 0.1) is 0 Å². The fraction of sp³-hybridized carbons (Fsp3) is 0.417. The first-order valence-corrected chi connectivity index (χ1v) is 14.7. The first kappa shape index (κ1) is 28.9. The van der Waals surface area contributed by atoms with Crippen LogP contribution in [0.5, 0.6) is 0 Å². The maximum Gasteiger partial charge on any atom is 0.244 e. The Hall–Kier alpha value is -1.71. The summed E-state index contributed by atoms with van der Waals surface area (Å²) in [6.45, 7) is 1.09. The smallest absolute Gasteiger partial charge is 0.244 e. The van der Waals surface area contributed by atoms with Gasteiger partial charge in [0, 0.05) is 12.6 Å².